The van der Waals surface area contributed by atoms with Gasteiger partial charge in [-0.2, -0.15) is 0 Å². The van der Waals surface area contributed by atoms with E-state index in [0.717, 1.165) is 16.7 Å². The Hall–Kier alpha value is -3.90. The lowest BCUT2D eigenvalue weighted by Gasteiger charge is -2.26. The number of anilines is 1. The number of benzene rings is 3. The van der Waals surface area contributed by atoms with E-state index >= 15 is 0 Å². The third-order valence-corrected chi connectivity index (χ3v) is 4.86. The van der Waals surface area contributed by atoms with Crippen LogP contribution in [0.4, 0.5) is 5.69 Å². The molecule has 3 aromatic rings. The van der Waals surface area contributed by atoms with Crippen molar-refractivity contribution in [1.82, 2.24) is 0 Å². The monoisotopic (exact) mass is 377 g/mol. The summed E-state index contributed by atoms with van der Waals surface area (Å²) in [4.78, 5) is 27.3. The normalized spacial score (nSPS) is 14.4. The number of hydrogen-bond acceptors (Lipinski definition) is 2. The molecule has 1 aliphatic heterocycles. The summed E-state index contributed by atoms with van der Waals surface area (Å²) in [5, 5.41) is 0. The average Bonchev–Trinajstić information content (AvgIpc) is 2.76. The van der Waals surface area contributed by atoms with Gasteiger partial charge in [-0.05, 0) is 35.4 Å². The molecule has 0 bridgehead atoms. The molecule has 0 saturated heterocycles. The number of ketones is 1. The third-order valence-electron chi connectivity index (χ3n) is 4.86. The maximum atomic E-state index is 13.1. The number of nitrogens with zero attached hydrogens (tertiary/aromatic N) is 1. The largest absolute Gasteiger partial charge is 0.311 e. The molecule has 1 aliphatic rings. The molecule has 0 unspecified atom stereocenters. The van der Waals surface area contributed by atoms with Gasteiger partial charge in [-0.15, -0.1) is 0 Å². The SMILES string of the molecule is CN1C(=O)/C(=C\c2ccccc2)C(=O)c2cc(C#CCc3ccccc3)ccc21. The third kappa shape index (κ3) is 3.88. The fraction of sp³-hybridized carbons (Fsp3) is 0.0769. The van der Waals surface area contributed by atoms with Gasteiger partial charge >= 0.3 is 0 Å². The second-order valence-corrected chi connectivity index (χ2v) is 6.86. The smallest absolute Gasteiger partial charge is 0.262 e. The number of Topliss-reactive ketones (excluding diaryl/α,β-unsaturated/α-hetero) is 1. The summed E-state index contributed by atoms with van der Waals surface area (Å²) in [6.07, 6.45) is 2.29. The Kier molecular flexibility index (Phi) is 5.09. The first-order valence-electron chi connectivity index (χ1n) is 9.40. The minimum Gasteiger partial charge on any atom is -0.311 e. The van der Waals surface area contributed by atoms with Crippen molar-refractivity contribution < 1.29 is 9.59 Å². The zero-order valence-electron chi connectivity index (χ0n) is 16.1. The number of hydrogen-bond donors (Lipinski definition) is 0. The number of fused-ring (bicyclic) bond motifs is 1. The van der Waals surface area contributed by atoms with Crippen LogP contribution in [0.5, 0.6) is 0 Å². The van der Waals surface area contributed by atoms with Gasteiger partial charge in [0.25, 0.3) is 5.91 Å². The van der Waals surface area contributed by atoms with Gasteiger partial charge in [0.2, 0.25) is 5.78 Å². The standard InChI is InChI=1S/C26H19NO2/c1-27-24-16-15-21(14-8-13-19-9-4-2-5-10-19)17-22(24)25(28)23(26(27)29)18-20-11-6-3-7-12-20/h2-7,9-12,15-18H,13H2,1H3/b23-18-. The maximum Gasteiger partial charge on any atom is 0.262 e. The predicted octanol–water partition coefficient (Wildman–Crippen LogP) is 4.52. The van der Waals surface area contributed by atoms with Crippen molar-refractivity contribution in [3.63, 3.8) is 0 Å². The molecule has 29 heavy (non-hydrogen) atoms. The Bertz CT molecular complexity index is 1170. The van der Waals surface area contributed by atoms with Crippen LogP contribution in [0.3, 0.4) is 0 Å². The summed E-state index contributed by atoms with van der Waals surface area (Å²) < 4.78 is 0. The Labute approximate surface area is 170 Å². The Morgan fingerprint density at radius 2 is 1.59 bits per heavy atom. The molecule has 1 amide bonds. The molecule has 0 spiro atoms. The van der Waals surface area contributed by atoms with Crippen LogP contribution in [0.25, 0.3) is 6.08 Å². The van der Waals surface area contributed by atoms with Gasteiger partial charge in [0.05, 0.1) is 11.3 Å². The molecule has 0 aliphatic carbocycles. The lowest BCUT2D eigenvalue weighted by atomic mass is 9.92. The van der Waals surface area contributed by atoms with Crippen LogP contribution in [0, 0.1) is 11.8 Å². The summed E-state index contributed by atoms with van der Waals surface area (Å²) >= 11 is 0. The summed E-state index contributed by atoms with van der Waals surface area (Å²) in [5.41, 5.74) is 4.00. The molecule has 140 valence electrons. The van der Waals surface area contributed by atoms with E-state index in [4.69, 9.17) is 0 Å². The van der Waals surface area contributed by atoms with E-state index in [1.54, 1.807) is 25.3 Å². The fourth-order valence-corrected chi connectivity index (χ4v) is 3.31. The molecule has 0 aromatic heterocycles. The van der Waals surface area contributed by atoms with Gasteiger partial charge < -0.3 is 4.90 Å². The topological polar surface area (TPSA) is 37.4 Å². The molecule has 0 radical (unpaired) electrons. The highest BCUT2D eigenvalue weighted by atomic mass is 16.2. The molecular weight excluding hydrogens is 358 g/mol. The van der Waals surface area contributed by atoms with Crippen molar-refractivity contribution in [1.29, 1.82) is 0 Å². The molecule has 3 heteroatoms. The quantitative estimate of drug-likeness (QED) is 0.374. The van der Waals surface area contributed by atoms with E-state index in [1.165, 1.54) is 4.90 Å². The van der Waals surface area contributed by atoms with Gasteiger partial charge in [0.1, 0.15) is 0 Å². The van der Waals surface area contributed by atoms with E-state index in [0.29, 0.717) is 17.7 Å². The number of carbonyl (C=O) groups excluding carboxylic acids is 2. The highest BCUT2D eigenvalue weighted by molar-refractivity contribution is 6.36. The van der Waals surface area contributed by atoms with E-state index in [-0.39, 0.29) is 17.3 Å². The Balaban J connectivity index is 1.66. The van der Waals surface area contributed by atoms with Gasteiger partial charge in [-0.1, -0.05) is 72.5 Å². The van der Waals surface area contributed by atoms with Crippen molar-refractivity contribution in [2.75, 3.05) is 11.9 Å². The van der Waals surface area contributed by atoms with Crippen LogP contribution >= 0.6 is 0 Å². The molecule has 0 saturated carbocycles. The van der Waals surface area contributed by atoms with Crippen LogP contribution in [-0.4, -0.2) is 18.7 Å². The summed E-state index contributed by atoms with van der Waals surface area (Å²) in [5.74, 6) is 5.72. The lowest BCUT2D eigenvalue weighted by molar-refractivity contribution is -0.114. The van der Waals surface area contributed by atoms with Crippen LogP contribution in [0.15, 0.2) is 84.4 Å². The zero-order chi connectivity index (χ0) is 20.2. The second-order valence-electron chi connectivity index (χ2n) is 6.86. The van der Waals surface area contributed by atoms with Gasteiger partial charge in [0.15, 0.2) is 0 Å². The number of likely N-dealkylation sites (N-methyl/N-ethyl adjacent to an activating group) is 1. The minimum atomic E-state index is -0.297. The first kappa shape index (κ1) is 18.5. The van der Waals surface area contributed by atoms with E-state index < -0.39 is 0 Å². The van der Waals surface area contributed by atoms with Crippen molar-refractivity contribution in [2.45, 2.75) is 6.42 Å². The van der Waals surface area contributed by atoms with Crippen LogP contribution in [-0.2, 0) is 11.2 Å². The van der Waals surface area contributed by atoms with Crippen LogP contribution in [0.1, 0.15) is 27.0 Å². The number of amides is 1. The van der Waals surface area contributed by atoms with Gasteiger partial charge in [0, 0.05) is 24.6 Å². The van der Waals surface area contributed by atoms with Crippen molar-refractivity contribution in [3.05, 3.63) is 107 Å². The maximum absolute atomic E-state index is 13.1. The molecular formula is C26H19NO2. The van der Waals surface area contributed by atoms with Crippen molar-refractivity contribution in [2.24, 2.45) is 0 Å². The molecule has 0 fully saturated rings. The molecule has 0 N–H and O–H groups in total. The van der Waals surface area contributed by atoms with Crippen molar-refractivity contribution >= 4 is 23.5 Å². The lowest BCUT2D eigenvalue weighted by Crippen LogP contribution is -2.36. The van der Waals surface area contributed by atoms with Gasteiger partial charge in [-0.25, -0.2) is 0 Å². The first-order chi connectivity index (χ1) is 14.1. The molecule has 0 atom stereocenters. The summed E-state index contributed by atoms with van der Waals surface area (Å²) in [6, 6.07) is 24.8. The van der Waals surface area contributed by atoms with E-state index in [9.17, 15) is 9.59 Å². The Morgan fingerprint density at radius 3 is 2.31 bits per heavy atom. The van der Waals surface area contributed by atoms with Gasteiger partial charge in [-0.3, -0.25) is 9.59 Å². The summed E-state index contributed by atoms with van der Waals surface area (Å²) in [6.45, 7) is 0. The summed E-state index contributed by atoms with van der Waals surface area (Å²) in [7, 11) is 1.69. The molecule has 4 rings (SSSR count). The Morgan fingerprint density at radius 1 is 0.897 bits per heavy atom. The minimum absolute atomic E-state index is 0.167. The highest BCUT2D eigenvalue weighted by Crippen LogP contribution is 2.31. The molecule has 3 aromatic carbocycles. The van der Waals surface area contributed by atoms with E-state index in [1.807, 2.05) is 66.7 Å². The predicted molar refractivity (Wildman–Crippen MR) is 116 cm³/mol. The number of rotatable bonds is 2. The van der Waals surface area contributed by atoms with Crippen molar-refractivity contribution in [3.8, 4) is 11.8 Å². The first-order valence-corrected chi connectivity index (χ1v) is 9.40. The second kappa shape index (κ2) is 8.00. The number of carbonyl (C=O) groups is 2. The highest BCUT2D eigenvalue weighted by Gasteiger charge is 2.32. The van der Waals surface area contributed by atoms with E-state index in [2.05, 4.69) is 11.8 Å². The average molecular weight is 377 g/mol. The molecule has 1 heterocycles. The van der Waals surface area contributed by atoms with Crippen LogP contribution < -0.4 is 4.90 Å². The van der Waals surface area contributed by atoms with Crippen LogP contribution in [0.2, 0.25) is 0 Å². The fourth-order valence-electron chi connectivity index (χ4n) is 3.31. The molecule has 3 nitrogen and oxygen atoms in total. The zero-order valence-corrected chi connectivity index (χ0v) is 16.1.